The Hall–Kier alpha value is -2.91. The van der Waals surface area contributed by atoms with Crippen LogP contribution < -0.4 is 15.4 Å². The van der Waals surface area contributed by atoms with E-state index in [2.05, 4.69) is 25.6 Å². The molecule has 0 aliphatic rings. The van der Waals surface area contributed by atoms with Crippen molar-refractivity contribution in [3.05, 3.63) is 36.2 Å². The topological polar surface area (TPSA) is 89.0 Å². The van der Waals surface area contributed by atoms with Crippen molar-refractivity contribution in [3.8, 4) is 5.75 Å². The number of aromatic nitrogens is 3. The standard InChI is InChI=1S/C15H16F3N5O2/c1-9(8-25-11-6-4-3-5-7-11)19-13-21-12(15(16,17)18)22-14(23-13)20-10(2)24/h3-7,9H,8H2,1-2H3,(H2,19,20,21,22,23,24). The van der Waals surface area contributed by atoms with E-state index in [4.69, 9.17) is 4.74 Å². The minimum absolute atomic E-state index is 0.173. The number of carbonyl (C=O) groups excluding carboxylic acids is 1. The fourth-order valence-electron chi connectivity index (χ4n) is 1.78. The second-order valence-electron chi connectivity index (χ2n) is 5.15. The summed E-state index contributed by atoms with van der Waals surface area (Å²) in [4.78, 5) is 21.3. The lowest BCUT2D eigenvalue weighted by atomic mass is 10.3. The Labute approximate surface area is 141 Å². The molecule has 0 radical (unpaired) electrons. The molecule has 1 atom stereocenters. The van der Waals surface area contributed by atoms with Crippen molar-refractivity contribution in [1.82, 2.24) is 15.0 Å². The van der Waals surface area contributed by atoms with Crippen molar-refractivity contribution in [1.29, 1.82) is 0 Å². The number of benzene rings is 1. The zero-order valence-electron chi connectivity index (χ0n) is 13.5. The molecule has 0 saturated heterocycles. The summed E-state index contributed by atoms with van der Waals surface area (Å²) in [6, 6.07) is 8.55. The molecule has 1 heterocycles. The quantitative estimate of drug-likeness (QED) is 0.828. The molecule has 2 N–H and O–H groups in total. The summed E-state index contributed by atoms with van der Waals surface area (Å²) in [7, 11) is 0. The lowest BCUT2D eigenvalue weighted by Crippen LogP contribution is -2.26. The first-order chi connectivity index (χ1) is 11.7. The van der Waals surface area contributed by atoms with Crippen LogP contribution in [0, 0.1) is 0 Å². The van der Waals surface area contributed by atoms with Crippen LogP contribution in [0.15, 0.2) is 30.3 Å². The van der Waals surface area contributed by atoms with Gasteiger partial charge in [-0.2, -0.15) is 28.1 Å². The maximum absolute atomic E-state index is 12.9. The summed E-state index contributed by atoms with van der Waals surface area (Å²) in [5.41, 5.74) is 0. The van der Waals surface area contributed by atoms with Crippen molar-refractivity contribution < 1.29 is 22.7 Å². The van der Waals surface area contributed by atoms with E-state index in [1.54, 1.807) is 31.2 Å². The van der Waals surface area contributed by atoms with Crippen molar-refractivity contribution in [2.24, 2.45) is 0 Å². The molecule has 1 aromatic carbocycles. The zero-order chi connectivity index (χ0) is 18.4. The van der Waals surface area contributed by atoms with Gasteiger partial charge in [-0.1, -0.05) is 18.2 Å². The van der Waals surface area contributed by atoms with E-state index in [-0.39, 0.29) is 12.6 Å². The number of nitrogens with zero attached hydrogens (tertiary/aromatic N) is 3. The van der Waals surface area contributed by atoms with Gasteiger partial charge >= 0.3 is 6.18 Å². The monoisotopic (exact) mass is 355 g/mol. The number of para-hydroxylation sites is 1. The number of halogens is 3. The molecule has 0 fully saturated rings. The number of ether oxygens (including phenoxy) is 1. The molecule has 2 rings (SSSR count). The maximum atomic E-state index is 12.9. The highest BCUT2D eigenvalue weighted by Gasteiger charge is 2.36. The molecule has 0 aliphatic heterocycles. The lowest BCUT2D eigenvalue weighted by molar-refractivity contribution is -0.145. The van der Waals surface area contributed by atoms with E-state index in [0.717, 1.165) is 6.92 Å². The first-order valence-corrected chi connectivity index (χ1v) is 7.29. The highest BCUT2D eigenvalue weighted by Crippen LogP contribution is 2.27. The highest BCUT2D eigenvalue weighted by atomic mass is 19.4. The molecule has 134 valence electrons. The normalized spacial score (nSPS) is 12.4. The Morgan fingerprint density at radius 2 is 1.80 bits per heavy atom. The third kappa shape index (κ3) is 5.90. The van der Waals surface area contributed by atoms with Gasteiger partial charge in [0.05, 0.1) is 6.04 Å². The second-order valence-corrected chi connectivity index (χ2v) is 5.15. The van der Waals surface area contributed by atoms with Gasteiger partial charge < -0.3 is 10.1 Å². The van der Waals surface area contributed by atoms with Crippen LogP contribution in [0.3, 0.4) is 0 Å². The number of amides is 1. The molecule has 0 aliphatic carbocycles. The van der Waals surface area contributed by atoms with E-state index in [1.807, 2.05) is 6.07 Å². The minimum Gasteiger partial charge on any atom is -0.491 e. The average Bonchev–Trinajstić information content (AvgIpc) is 2.52. The number of rotatable bonds is 6. The van der Waals surface area contributed by atoms with E-state index < -0.39 is 29.9 Å². The third-order valence-corrected chi connectivity index (χ3v) is 2.80. The predicted octanol–water partition coefficient (Wildman–Crippen LogP) is 2.73. The highest BCUT2D eigenvalue weighted by molar-refractivity contribution is 5.86. The molecule has 1 amide bonds. The van der Waals surface area contributed by atoms with Gasteiger partial charge in [-0.25, -0.2) is 0 Å². The van der Waals surface area contributed by atoms with Gasteiger partial charge in [0.2, 0.25) is 23.6 Å². The van der Waals surface area contributed by atoms with Crippen LogP contribution in [0.1, 0.15) is 19.7 Å². The van der Waals surface area contributed by atoms with Gasteiger partial charge in [0, 0.05) is 6.92 Å². The van der Waals surface area contributed by atoms with Crippen molar-refractivity contribution in [2.45, 2.75) is 26.1 Å². The van der Waals surface area contributed by atoms with Gasteiger partial charge in [0.15, 0.2) is 0 Å². The summed E-state index contributed by atoms with van der Waals surface area (Å²) in [5, 5.41) is 4.82. The van der Waals surface area contributed by atoms with Crippen LogP contribution in [-0.4, -0.2) is 33.5 Å². The minimum atomic E-state index is -4.77. The van der Waals surface area contributed by atoms with Crippen LogP contribution in [0.5, 0.6) is 5.75 Å². The Morgan fingerprint density at radius 1 is 1.16 bits per heavy atom. The molecule has 2 aromatic rings. The molecule has 7 nitrogen and oxygen atoms in total. The molecular formula is C15H16F3N5O2. The van der Waals surface area contributed by atoms with Gasteiger partial charge in [0.25, 0.3) is 0 Å². The summed E-state index contributed by atoms with van der Waals surface area (Å²) in [5.74, 6) is -2.15. The average molecular weight is 355 g/mol. The fourth-order valence-corrected chi connectivity index (χ4v) is 1.78. The summed E-state index contributed by atoms with van der Waals surface area (Å²) >= 11 is 0. The van der Waals surface area contributed by atoms with Gasteiger partial charge in [-0.15, -0.1) is 0 Å². The SMILES string of the molecule is CC(=O)Nc1nc(NC(C)COc2ccccc2)nc(C(F)(F)F)n1. The van der Waals surface area contributed by atoms with Crippen LogP contribution in [-0.2, 0) is 11.0 Å². The lowest BCUT2D eigenvalue weighted by Gasteiger charge is -2.16. The van der Waals surface area contributed by atoms with E-state index in [1.165, 1.54) is 0 Å². The molecule has 0 saturated carbocycles. The predicted molar refractivity (Wildman–Crippen MR) is 84.2 cm³/mol. The number of carbonyl (C=O) groups is 1. The Kier molecular flexibility index (Phi) is 5.73. The smallest absolute Gasteiger partial charge is 0.451 e. The second kappa shape index (κ2) is 7.77. The fraction of sp³-hybridized carbons (Fsp3) is 0.333. The summed E-state index contributed by atoms with van der Waals surface area (Å²) in [6.45, 7) is 3.01. The van der Waals surface area contributed by atoms with E-state index >= 15 is 0 Å². The van der Waals surface area contributed by atoms with Crippen molar-refractivity contribution in [3.63, 3.8) is 0 Å². The van der Waals surface area contributed by atoms with Gasteiger partial charge in [-0.05, 0) is 19.1 Å². The Morgan fingerprint density at radius 3 is 2.40 bits per heavy atom. The molecule has 0 bridgehead atoms. The summed E-state index contributed by atoms with van der Waals surface area (Å²) in [6.07, 6.45) is -4.77. The molecule has 10 heteroatoms. The summed E-state index contributed by atoms with van der Waals surface area (Å²) < 4.78 is 44.1. The van der Waals surface area contributed by atoms with Crippen LogP contribution in [0.25, 0.3) is 0 Å². The molecular weight excluding hydrogens is 339 g/mol. The molecule has 0 spiro atoms. The number of anilines is 2. The molecule has 1 unspecified atom stereocenters. The number of nitrogens with one attached hydrogen (secondary N) is 2. The number of hydrogen-bond acceptors (Lipinski definition) is 6. The largest absolute Gasteiger partial charge is 0.491 e. The Bertz CT molecular complexity index is 725. The molecule has 25 heavy (non-hydrogen) atoms. The first-order valence-electron chi connectivity index (χ1n) is 7.29. The van der Waals surface area contributed by atoms with E-state index in [9.17, 15) is 18.0 Å². The van der Waals surface area contributed by atoms with Crippen molar-refractivity contribution >= 4 is 17.8 Å². The Balaban J connectivity index is 2.09. The van der Waals surface area contributed by atoms with Gasteiger partial charge in [0.1, 0.15) is 12.4 Å². The number of hydrogen-bond donors (Lipinski definition) is 2. The van der Waals surface area contributed by atoms with Crippen LogP contribution >= 0.6 is 0 Å². The van der Waals surface area contributed by atoms with E-state index in [0.29, 0.717) is 5.75 Å². The first kappa shape index (κ1) is 18.4. The molecule has 1 aromatic heterocycles. The van der Waals surface area contributed by atoms with Crippen LogP contribution in [0.4, 0.5) is 25.1 Å². The number of alkyl halides is 3. The van der Waals surface area contributed by atoms with Gasteiger partial charge in [-0.3, -0.25) is 10.1 Å². The maximum Gasteiger partial charge on any atom is 0.451 e. The third-order valence-electron chi connectivity index (χ3n) is 2.80. The van der Waals surface area contributed by atoms with Crippen molar-refractivity contribution in [2.75, 3.05) is 17.2 Å². The zero-order valence-corrected chi connectivity index (χ0v) is 13.5. The van der Waals surface area contributed by atoms with Crippen LogP contribution in [0.2, 0.25) is 0 Å².